The van der Waals surface area contributed by atoms with Gasteiger partial charge < -0.3 is 10.5 Å². The summed E-state index contributed by atoms with van der Waals surface area (Å²) < 4.78 is 5.42. The SMILES string of the molecule is CC1CCCC(OC(=O)[C@@H](N)C(C)C)C1. The van der Waals surface area contributed by atoms with Crippen LogP contribution < -0.4 is 5.73 Å². The van der Waals surface area contributed by atoms with Gasteiger partial charge in [-0.05, 0) is 31.1 Å². The highest BCUT2D eigenvalue weighted by Gasteiger charge is 2.26. The molecule has 88 valence electrons. The van der Waals surface area contributed by atoms with Crippen molar-refractivity contribution in [2.24, 2.45) is 17.6 Å². The molecular formula is C12H23NO2. The predicted octanol–water partition coefficient (Wildman–Crippen LogP) is 2.09. The predicted molar refractivity (Wildman–Crippen MR) is 60.3 cm³/mol. The van der Waals surface area contributed by atoms with Crippen LogP contribution in [0.4, 0.5) is 0 Å². The van der Waals surface area contributed by atoms with Crippen molar-refractivity contribution in [2.45, 2.75) is 58.6 Å². The molecule has 0 spiro atoms. The fraction of sp³-hybridized carbons (Fsp3) is 0.917. The normalized spacial score (nSPS) is 28.9. The fourth-order valence-corrected chi connectivity index (χ4v) is 2.00. The molecule has 2 N–H and O–H groups in total. The van der Waals surface area contributed by atoms with Crippen molar-refractivity contribution in [3.8, 4) is 0 Å². The van der Waals surface area contributed by atoms with Gasteiger partial charge in [0.15, 0.2) is 0 Å². The van der Waals surface area contributed by atoms with Crippen molar-refractivity contribution in [1.82, 2.24) is 0 Å². The summed E-state index contributed by atoms with van der Waals surface area (Å²) in [7, 11) is 0. The monoisotopic (exact) mass is 213 g/mol. The first-order chi connectivity index (χ1) is 7.00. The molecule has 0 heterocycles. The Balaban J connectivity index is 2.37. The number of ether oxygens (including phenoxy) is 1. The standard InChI is InChI=1S/C12H23NO2/c1-8(2)11(13)12(14)15-10-6-4-5-9(3)7-10/h8-11H,4-7,13H2,1-3H3/t9?,10?,11-/m0/s1. The van der Waals surface area contributed by atoms with Crippen LogP contribution in [0, 0.1) is 11.8 Å². The Bertz CT molecular complexity index is 216. The van der Waals surface area contributed by atoms with Crippen LogP contribution in [0.25, 0.3) is 0 Å². The average molecular weight is 213 g/mol. The Labute approximate surface area is 92.4 Å². The largest absolute Gasteiger partial charge is 0.461 e. The van der Waals surface area contributed by atoms with E-state index in [0.717, 1.165) is 19.3 Å². The molecule has 3 heteroatoms. The molecule has 0 bridgehead atoms. The Hall–Kier alpha value is -0.570. The Kier molecular flexibility index (Phi) is 4.58. The van der Waals surface area contributed by atoms with Crippen LogP contribution in [-0.2, 0) is 9.53 Å². The second-order valence-electron chi connectivity index (χ2n) is 5.10. The summed E-state index contributed by atoms with van der Waals surface area (Å²) in [6.45, 7) is 6.09. The van der Waals surface area contributed by atoms with Crippen LogP contribution in [0.2, 0.25) is 0 Å². The van der Waals surface area contributed by atoms with Gasteiger partial charge in [0.05, 0.1) is 0 Å². The highest BCUT2D eigenvalue weighted by molar-refractivity contribution is 5.75. The first kappa shape index (κ1) is 12.5. The third kappa shape index (κ3) is 3.82. The molecule has 0 aromatic heterocycles. The van der Waals surface area contributed by atoms with Crippen LogP contribution in [0.1, 0.15) is 46.5 Å². The number of carbonyl (C=O) groups excluding carboxylic acids is 1. The van der Waals surface area contributed by atoms with Crippen molar-refractivity contribution in [2.75, 3.05) is 0 Å². The van der Waals surface area contributed by atoms with E-state index in [1.54, 1.807) is 0 Å². The van der Waals surface area contributed by atoms with E-state index in [4.69, 9.17) is 10.5 Å². The van der Waals surface area contributed by atoms with Gasteiger partial charge in [-0.15, -0.1) is 0 Å². The zero-order valence-corrected chi connectivity index (χ0v) is 10.0. The number of hydrogen-bond donors (Lipinski definition) is 1. The van der Waals surface area contributed by atoms with Gasteiger partial charge in [0.1, 0.15) is 12.1 Å². The van der Waals surface area contributed by atoms with Gasteiger partial charge in [-0.2, -0.15) is 0 Å². The lowest BCUT2D eigenvalue weighted by Crippen LogP contribution is -2.39. The Morgan fingerprint density at radius 3 is 2.60 bits per heavy atom. The van der Waals surface area contributed by atoms with Gasteiger partial charge in [-0.1, -0.05) is 27.2 Å². The zero-order valence-electron chi connectivity index (χ0n) is 10.0. The molecule has 0 aromatic carbocycles. The van der Waals surface area contributed by atoms with Gasteiger partial charge in [0, 0.05) is 0 Å². The quantitative estimate of drug-likeness (QED) is 0.730. The minimum atomic E-state index is -0.470. The van der Waals surface area contributed by atoms with E-state index in [2.05, 4.69) is 6.92 Å². The molecular weight excluding hydrogens is 190 g/mol. The molecule has 1 saturated carbocycles. The van der Waals surface area contributed by atoms with Crippen molar-refractivity contribution >= 4 is 5.97 Å². The van der Waals surface area contributed by atoms with Gasteiger partial charge >= 0.3 is 5.97 Å². The van der Waals surface area contributed by atoms with Gasteiger partial charge in [-0.25, -0.2) is 0 Å². The zero-order chi connectivity index (χ0) is 11.4. The third-order valence-corrected chi connectivity index (χ3v) is 3.16. The first-order valence-corrected chi connectivity index (χ1v) is 5.96. The number of rotatable bonds is 3. The number of nitrogens with two attached hydrogens (primary N) is 1. The maximum atomic E-state index is 11.6. The average Bonchev–Trinajstić information content (AvgIpc) is 2.16. The molecule has 15 heavy (non-hydrogen) atoms. The van der Waals surface area contributed by atoms with Crippen LogP contribution in [-0.4, -0.2) is 18.1 Å². The summed E-state index contributed by atoms with van der Waals surface area (Å²) in [6, 6.07) is -0.470. The first-order valence-electron chi connectivity index (χ1n) is 5.96. The van der Waals surface area contributed by atoms with Gasteiger partial charge in [0.25, 0.3) is 0 Å². The van der Waals surface area contributed by atoms with E-state index in [1.165, 1.54) is 6.42 Å². The number of hydrogen-bond acceptors (Lipinski definition) is 3. The van der Waals surface area contributed by atoms with E-state index in [-0.39, 0.29) is 18.0 Å². The molecule has 1 rings (SSSR count). The van der Waals surface area contributed by atoms with E-state index in [9.17, 15) is 4.79 Å². The Morgan fingerprint density at radius 2 is 2.07 bits per heavy atom. The van der Waals surface area contributed by atoms with Crippen LogP contribution in [0.5, 0.6) is 0 Å². The summed E-state index contributed by atoms with van der Waals surface area (Å²) in [4.78, 5) is 11.6. The molecule has 0 aliphatic heterocycles. The second-order valence-corrected chi connectivity index (χ2v) is 5.10. The minimum Gasteiger partial charge on any atom is -0.461 e. The van der Waals surface area contributed by atoms with Crippen LogP contribution in [0.3, 0.4) is 0 Å². The molecule has 3 atom stereocenters. The summed E-state index contributed by atoms with van der Waals surface area (Å²) in [5.74, 6) is 0.592. The summed E-state index contributed by atoms with van der Waals surface area (Å²) in [5.41, 5.74) is 5.74. The molecule has 1 aliphatic rings. The van der Waals surface area contributed by atoms with Crippen LogP contribution in [0.15, 0.2) is 0 Å². The lowest BCUT2D eigenvalue weighted by atomic mass is 9.88. The number of esters is 1. The van der Waals surface area contributed by atoms with E-state index < -0.39 is 6.04 Å². The van der Waals surface area contributed by atoms with Gasteiger partial charge in [0.2, 0.25) is 0 Å². The van der Waals surface area contributed by atoms with E-state index in [1.807, 2.05) is 13.8 Å². The van der Waals surface area contributed by atoms with E-state index >= 15 is 0 Å². The van der Waals surface area contributed by atoms with Crippen molar-refractivity contribution in [1.29, 1.82) is 0 Å². The highest BCUT2D eigenvalue weighted by Crippen LogP contribution is 2.26. The molecule has 0 saturated heterocycles. The fourth-order valence-electron chi connectivity index (χ4n) is 2.00. The maximum absolute atomic E-state index is 11.6. The van der Waals surface area contributed by atoms with Gasteiger partial charge in [-0.3, -0.25) is 4.79 Å². The van der Waals surface area contributed by atoms with E-state index in [0.29, 0.717) is 5.92 Å². The topological polar surface area (TPSA) is 52.3 Å². The smallest absolute Gasteiger partial charge is 0.323 e. The minimum absolute atomic E-state index is 0.103. The third-order valence-electron chi connectivity index (χ3n) is 3.16. The summed E-state index contributed by atoms with van der Waals surface area (Å²) in [5, 5.41) is 0. The van der Waals surface area contributed by atoms with Crippen molar-refractivity contribution < 1.29 is 9.53 Å². The maximum Gasteiger partial charge on any atom is 0.323 e. The molecule has 1 fully saturated rings. The molecule has 2 unspecified atom stereocenters. The lowest BCUT2D eigenvalue weighted by Gasteiger charge is -2.28. The lowest BCUT2D eigenvalue weighted by molar-refractivity contribution is -0.153. The molecule has 0 radical (unpaired) electrons. The summed E-state index contributed by atoms with van der Waals surface area (Å²) >= 11 is 0. The second kappa shape index (κ2) is 5.50. The van der Waals surface area contributed by atoms with Crippen LogP contribution >= 0.6 is 0 Å². The van der Waals surface area contributed by atoms with Crippen molar-refractivity contribution in [3.05, 3.63) is 0 Å². The molecule has 0 amide bonds. The molecule has 1 aliphatic carbocycles. The Morgan fingerprint density at radius 1 is 1.40 bits per heavy atom. The summed E-state index contributed by atoms with van der Waals surface area (Å²) in [6.07, 6.45) is 4.52. The number of carbonyl (C=O) groups is 1. The van der Waals surface area contributed by atoms with Crippen molar-refractivity contribution in [3.63, 3.8) is 0 Å². The highest BCUT2D eigenvalue weighted by atomic mass is 16.5. The molecule has 0 aromatic rings. The molecule has 3 nitrogen and oxygen atoms in total.